The second-order valence-corrected chi connectivity index (χ2v) is 8.64. The molecule has 0 aliphatic carbocycles. The first-order valence-corrected chi connectivity index (χ1v) is 11.3. The normalized spacial score (nSPS) is 13.3. The van der Waals surface area contributed by atoms with Gasteiger partial charge in [0.05, 0.1) is 19.8 Å². The Morgan fingerprint density at radius 3 is 2.56 bits per heavy atom. The summed E-state index contributed by atoms with van der Waals surface area (Å²) in [5, 5.41) is 10.9. The molecule has 0 saturated heterocycles. The van der Waals surface area contributed by atoms with Crippen molar-refractivity contribution < 1.29 is 13.9 Å². The topological polar surface area (TPSA) is 58.4 Å². The molecule has 0 bridgehead atoms. The van der Waals surface area contributed by atoms with Crippen LogP contribution in [0.2, 0.25) is 0 Å². The largest absolute Gasteiger partial charge is 0.493 e. The van der Waals surface area contributed by atoms with Crippen LogP contribution in [0, 0.1) is 17.1 Å². The summed E-state index contributed by atoms with van der Waals surface area (Å²) < 4.78 is 24.2. The number of nitrogens with zero attached hydrogens (tertiary/aromatic N) is 3. The van der Waals surface area contributed by atoms with Crippen LogP contribution in [-0.2, 0) is 18.7 Å². The molecule has 3 aromatic rings. The van der Waals surface area contributed by atoms with Crippen LogP contribution in [-0.4, -0.2) is 37.7 Å². The summed E-state index contributed by atoms with van der Waals surface area (Å²) >= 11 is 1.51. The van der Waals surface area contributed by atoms with Gasteiger partial charge in [0.25, 0.3) is 0 Å². The molecular weight excluding hydrogens is 425 g/mol. The number of thioether (sulfide) groups is 1. The fourth-order valence-corrected chi connectivity index (χ4v) is 4.88. The van der Waals surface area contributed by atoms with Gasteiger partial charge in [-0.05, 0) is 48.0 Å². The third-order valence-corrected chi connectivity index (χ3v) is 6.63. The molecule has 0 radical (unpaired) electrons. The van der Waals surface area contributed by atoms with Crippen molar-refractivity contribution >= 4 is 11.8 Å². The fraction of sp³-hybridized carbons (Fsp3) is 0.280. The fourth-order valence-electron chi connectivity index (χ4n) is 3.92. The highest BCUT2D eigenvalue weighted by atomic mass is 32.2. The number of aromatic nitrogens is 1. The molecule has 4 rings (SSSR count). The van der Waals surface area contributed by atoms with Gasteiger partial charge in [0.2, 0.25) is 0 Å². The molecule has 0 saturated carbocycles. The second kappa shape index (κ2) is 9.60. The average Bonchev–Trinajstić information content (AvgIpc) is 2.82. The number of rotatable bonds is 6. The van der Waals surface area contributed by atoms with E-state index in [-0.39, 0.29) is 5.82 Å². The van der Waals surface area contributed by atoms with Gasteiger partial charge in [-0.25, -0.2) is 9.37 Å². The summed E-state index contributed by atoms with van der Waals surface area (Å²) in [4.78, 5) is 7.13. The molecule has 1 aliphatic rings. The SMILES string of the molecule is COc1ccc(-c2c(C#N)c(SCc3ccc(F)cc3)nc3c2CN(C)CC3)cc1OC. The number of likely N-dealkylation sites (N-methyl/N-ethyl adjacent to an activating group) is 1. The van der Waals surface area contributed by atoms with Crippen molar-refractivity contribution in [3.63, 3.8) is 0 Å². The van der Waals surface area contributed by atoms with Crippen molar-refractivity contribution in [3.05, 3.63) is 70.7 Å². The van der Waals surface area contributed by atoms with Crippen LogP contribution in [0.3, 0.4) is 0 Å². The number of hydrogen-bond donors (Lipinski definition) is 0. The summed E-state index contributed by atoms with van der Waals surface area (Å²) in [6.07, 6.45) is 0.821. The lowest BCUT2D eigenvalue weighted by Crippen LogP contribution is -2.28. The molecule has 0 N–H and O–H groups in total. The highest BCUT2D eigenvalue weighted by Gasteiger charge is 2.25. The van der Waals surface area contributed by atoms with E-state index < -0.39 is 0 Å². The highest BCUT2D eigenvalue weighted by Crippen LogP contribution is 2.40. The van der Waals surface area contributed by atoms with E-state index in [1.165, 1.54) is 23.9 Å². The number of hydrogen-bond acceptors (Lipinski definition) is 6. The minimum Gasteiger partial charge on any atom is -0.493 e. The van der Waals surface area contributed by atoms with E-state index in [9.17, 15) is 9.65 Å². The maximum absolute atomic E-state index is 13.3. The summed E-state index contributed by atoms with van der Waals surface area (Å²) in [6.45, 7) is 1.64. The Bertz CT molecular complexity index is 1180. The van der Waals surface area contributed by atoms with Crippen molar-refractivity contribution in [2.75, 3.05) is 27.8 Å². The van der Waals surface area contributed by atoms with Crippen LogP contribution in [0.5, 0.6) is 11.5 Å². The zero-order valence-electron chi connectivity index (χ0n) is 18.3. The summed E-state index contributed by atoms with van der Waals surface area (Å²) in [7, 11) is 5.28. The van der Waals surface area contributed by atoms with Gasteiger partial charge in [-0.1, -0.05) is 18.2 Å². The van der Waals surface area contributed by atoms with Crippen LogP contribution >= 0.6 is 11.8 Å². The Morgan fingerprint density at radius 1 is 1.12 bits per heavy atom. The number of halogens is 1. The maximum atomic E-state index is 13.3. The Hall–Kier alpha value is -3.08. The minimum atomic E-state index is -0.261. The molecule has 0 atom stereocenters. The third-order valence-electron chi connectivity index (χ3n) is 5.58. The molecule has 7 heteroatoms. The van der Waals surface area contributed by atoms with E-state index in [0.29, 0.717) is 27.8 Å². The van der Waals surface area contributed by atoms with Gasteiger partial charge in [-0.3, -0.25) is 0 Å². The van der Waals surface area contributed by atoms with Gasteiger partial charge >= 0.3 is 0 Å². The Balaban J connectivity index is 1.83. The summed E-state index contributed by atoms with van der Waals surface area (Å²) in [5.74, 6) is 1.60. The van der Waals surface area contributed by atoms with E-state index in [1.807, 2.05) is 18.2 Å². The molecule has 2 aromatic carbocycles. The van der Waals surface area contributed by atoms with Crippen molar-refractivity contribution in [2.45, 2.75) is 23.7 Å². The van der Waals surface area contributed by atoms with Gasteiger partial charge in [0, 0.05) is 36.5 Å². The van der Waals surface area contributed by atoms with Crippen LogP contribution in [0.15, 0.2) is 47.5 Å². The summed E-state index contributed by atoms with van der Waals surface area (Å²) in [6, 6.07) is 14.6. The van der Waals surface area contributed by atoms with E-state index in [1.54, 1.807) is 26.4 Å². The minimum absolute atomic E-state index is 0.261. The lowest BCUT2D eigenvalue weighted by molar-refractivity contribution is 0.309. The molecule has 0 amide bonds. The van der Waals surface area contributed by atoms with Crippen LogP contribution < -0.4 is 9.47 Å². The predicted octanol–water partition coefficient (Wildman–Crippen LogP) is 5.06. The molecule has 0 unspecified atom stereocenters. The molecule has 1 aromatic heterocycles. The predicted molar refractivity (Wildman–Crippen MR) is 123 cm³/mol. The monoisotopic (exact) mass is 449 g/mol. The number of methoxy groups -OCH3 is 2. The first-order valence-electron chi connectivity index (χ1n) is 10.3. The number of pyridine rings is 1. The van der Waals surface area contributed by atoms with Gasteiger partial charge in [0.15, 0.2) is 11.5 Å². The van der Waals surface area contributed by atoms with Crippen molar-refractivity contribution in [3.8, 4) is 28.7 Å². The smallest absolute Gasteiger partial charge is 0.161 e. The number of fused-ring (bicyclic) bond motifs is 1. The standard InChI is InChI=1S/C25H24FN3O2S/c1-29-11-10-21-20(14-29)24(17-6-9-22(30-2)23(12-17)31-3)19(13-27)25(28-21)32-15-16-4-7-18(26)8-5-16/h4-9,12H,10-11,14-15H2,1-3H3. The molecule has 5 nitrogen and oxygen atoms in total. The highest BCUT2D eigenvalue weighted by molar-refractivity contribution is 7.98. The Kier molecular flexibility index (Phi) is 6.63. The Morgan fingerprint density at radius 2 is 1.88 bits per heavy atom. The van der Waals surface area contributed by atoms with Gasteiger partial charge < -0.3 is 14.4 Å². The third kappa shape index (κ3) is 4.43. The first kappa shape index (κ1) is 22.1. The maximum Gasteiger partial charge on any atom is 0.161 e. The van der Waals surface area contributed by atoms with E-state index in [4.69, 9.17) is 14.5 Å². The number of nitriles is 1. The van der Waals surface area contributed by atoms with E-state index in [2.05, 4.69) is 18.0 Å². The van der Waals surface area contributed by atoms with E-state index >= 15 is 0 Å². The molecule has 164 valence electrons. The van der Waals surface area contributed by atoms with Crippen molar-refractivity contribution in [1.82, 2.24) is 9.88 Å². The van der Waals surface area contributed by atoms with Crippen molar-refractivity contribution in [2.24, 2.45) is 0 Å². The molecule has 2 heterocycles. The van der Waals surface area contributed by atoms with Crippen LogP contribution in [0.25, 0.3) is 11.1 Å². The molecular formula is C25H24FN3O2S. The van der Waals surface area contributed by atoms with Crippen LogP contribution in [0.4, 0.5) is 4.39 Å². The average molecular weight is 450 g/mol. The second-order valence-electron chi connectivity index (χ2n) is 7.68. The lowest BCUT2D eigenvalue weighted by atomic mass is 9.91. The van der Waals surface area contributed by atoms with Crippen LogP contribution in [0.1, 0.15) is 22.4 Å². The first-order chi connectivity index (χ1) is 15.5. The van der Waals surface area contributed by atoms with Gasteiger partial charge in [-0.2, -0.15) is 5.26 Å². The number of benzene rings is 2. The quantitative estimate of drug-likeness (QED) is 0.491. The molecule has 1 aliphatic heterocycles. The molecule has 0 fully saturated rings. The van der Waals surface area contributed by atoms with Gasteiger partial charge in [-0.15, -0.1) is 11.8 Å². The Labute approximate surface area is 191 Å². The van der Waals surface area contributed by atoms with Gasteiger partial charge in [0.1, 0.15) is 16.9 Å². The lowest BCUT2D eigenvalue weighted by Gasteiger charge is -2.28. The zero-order chi connectivity index (χ0) is 22.7. The van der Waals surface area contributed by atoms with E-state index in [0.717, 1.165) is 47.5 Å². The zero-order valence-corrected chi connectivity index (χ0v) is 19.1. The van der Waals surface area contributed by atoms with Crippen molar-refractivity contribution in [1.29, 1.82) is 5.26 Å². The summed E-state index contributed by atoms with van der Waals surface area (Å²) in [5.41, 5.74) is 5.43. The number of ether oxygens (including phenoxy) is 2. The molecule has 0 spiro atoms. The molecule has 32 heavy (non-hydrogen) atoms.